The molecule has 0 saturated carbocycles. The fraction of sp³-hybridized carbons (Fsp3) is 0.231. The summed E-state index contributed by atoms with van der Waals surface area (Å²) in [6.07, 6.45) is 2.33. The van der Waals surface area contributed by atoms with Crippen LogP contribution in [0.4, 0.5) is 10.1 Å². The highest BCUT2D eigenvalue weighted by atomic mass is 35.5. The van der Waals surface area contributed by atoms with E-state index in [2.05, 4.69) is 20.6 Å². The Morgan fingerprint density at radius 1 is 1.17 bits per heavy atom. The summed E-state index contributed by atoms with van der Waals surface area (Å²) >= 11 is 5.92. The lowest BCUT2D eigenvalue weighted by Crippen LogP contribution is -2.38. The van der Waals surface area contributed by atoms with Crippen molar-refractivity contribution in [1.82, 2.24) is 10.3 Å². The molecule has 1 atom stereocenters. The molecule has 8 nitrogen and oxygen atoms in total. The zero-order chi connectivity index (χ0) is 25.5. The molecule has 1 amide bonds. The van der Waals surface area contributed by atoms with Gasteiger partial charge in [0, 0.05) is 35.0 Å². The minimum absolute atomic E-state index is 0.192. The fourth-order valence-electron chi connectivity index (χ4n) is 3.61. The number of aliphatic imine (C=N–C) groups is 1. The number of rotatable bonds is 9. The highest BCUT2D eigenvalue weighted by molar-refractivity contribution is 6.31. The average Bonchev–Trinajstić information content (AvgIpc) is 3.39. The number of halogens is 2. The van der Waals surface area contributed by atoms with Crippen LogP contribution in [0.1, 0.15) is 23.2 Å². The number of benzene rings is 2. The third-order valence-electron chi connectivity index (χ3n) is 5.45. The Morgan fingerprint density at radius 2 is 2.00 bits per heavy atom. The highest BCUT2D eigenvalue weighted by Gasteiger charge is 2.26. The molecule has 1 unspecified atom stereocenters. The van der Waals surface area contributed by atoms with Gasteiger partial charge in [0.25, 0.3) is 0 Å². The van der Waals surface area contributed by atoms with Gasteiger partial charge in [0.1, 0.15) is 35.7 Å². The number of aryl methyl sites for hydroxylation is 1. The van der Waals surface area contributed by atoms with E-state index in [1.54, 1.807) is 30.5 Å². The second kappa shape index (κ2) is 11.6. The first-order valence-electron chi connectivity index (χ1n) is 11.2. The number of esters is 1. The van der Waals surface area contributed by atoms with E-state index in [0.717, 1.165) is 5.56 Å². The summed E-state index contributed by atoms with van der Waals surface area (Å²) in [5.41, 5.74) is 2.30. The first kappa shape index (κ1) is 25.1. The second-order valence-corrected chi connectivity index (χ2v) is 8.43. The summed E-state index contributed by atoms with van der Waals surface area (Å²) in [5.74, 6) is 1.07. The monoisotopic (exact) mass is 510 g/mol. The van der Waals surface area contributed by atoms with Gasteiger partial charge >= 0.3 is 5.97 Å². The molecule has 186 valence electrons. The summed E-state index contributed by atoms with van der Waals surface area (Å²) in [7, 11) is 1.33. The molecule has 0 bridgehead atoms. The molecular weight excluding hydrogens is 487 g/mol. The van der Waals surface area contributed by atoms with Gasteiger partial charge in [0.15, 0.2) is 0 Å². The third-order valence-corrected chi connectivity index (χ3v) is 5.82. The average molecular weight is 511 g/mol. The molecule has 2 N–H and O–H groups in total. The first-order chi connectivity index (χ1) is 17.4. The minimum atomic E-state index is -0.701. The van der Waals surface area contributed by atoms with E-state index in [0.29, 0.717) is 45.7 Å². The smallest absolute Gasteiger partial charge is 0.330 e. The van der Waals surface area contributed by atoms with Crippen LogP contribution in [0, 0.1) is 0 Å². The number of amidine groups is 1. The van der Waals surface area contributed by atoms with Crippen molar-refractivity contribution in [2.75, 3.05) is 19.0 Å². The zero-order valence-corrected chi connectivity index (χ0v) is 20.2. The van der Waals surface area contributed by atoms with Crippen molar-refractivity contribution in [2.45, 2.75) is 25.6 Å². The molecule has 1 aromatic heterocycles. The maximum atomic E-state index is 13.0. The topological polar surface area (TPSA) is 102 Å². The highest BCUT2D eigenvalue weighted by Crippen LogP contribution is 2.24. The number of nitrogens with zero attached hydrogens (tertiary/aromatic N) is 2. The summed E-state index contributed by atoms with van der Waals surface area (Å²) in [4.78, 5) is 32.7. The lowest BCUT2D eigenvalue weighted by molar-refractivity contribution is -0.142. The molecule has 0 spiro atoms. The lowest BCUT2D eigenvalue weighted by Gasteiger charge is -2.11. The number of hydrogen-bond donors (Lipinski definition) is 2. The number of carbonyl (C=O) groups excluding carboxylic acids is 2. The second-order valence-electron chi connectivity index (χ2n) is 8.02. The Hall–Kier alpha value is -3.98. The standard InChI is InChI=1S/C26H24ClFN4O4/c1-35-26(34)23-15-30-25(32-23)22-13-20(9-10-29-22)36-19-4-2-3-16(11-19)5-8-24(33)31-18-6-7-21(27)17(12-18)14-28/h2-4,6-7,9-13,23H,5,8,14-15H2,1H3,(H,30,32)(H,31,33). The van der Waals surface area contributed by atoms with E-state index >= 15 is 0 Å². The van der Waals surface area contributed by atoms with E-state index in [4.69, 9.17) is 21.1 Å². The maximum absolute atomic E-state index is 13.0. The molecular formula is C26H24ClFN4O4. The largest absolute Gasteiger partial charge is 0.467 e. The van der Waals surface area contributed by atoms with Crippen LogP contribution in [-0.4, -0.2) is 42.4 Å². The SMILES string of the molecule is COC(=O)C1CN=C(c2cc(Oc3cccc(CCC(=O)Nc4ccc(Cl)c(CF)c4)c3)ccn2)N1. The summed E-state index contributed by atoms with van der Waals surface area (Å²) in [5, 5.41) is 6.10. The first-order valence-corrected chi connectivity index (χ1v) is 11.6. The van der Waals surface area contributed by atoms with Crippen LogP contribution in [0.2, 0.25) is 5.02 Å². The van der Waals surface area contributed by atoms with Crippen molar-refractivity contribution in [1.29, 1.82) is 0 Å². The Balaban J connectivity index is 1.34. The van der Waals surface area contributed by atoms with Crippen LogP contribution in [-0.2, 0) is 27.4 Å². The number of alkyl halides is 1. The van der Waals surface area contributed by atoms with E-state index in [9.17, 15) is 14.0 Å². The number of carbonyl (C=O) groups is 2. The lowest BCUT2D eigenvalue weighted by atomic mass is 10.1. The molecule has 10 heteroatoms. The Labute approximate surface area is 212 Å². The number of ether oxygens (including phenoxy) is 2. The van der Waals surface area contributed by atoms with Gasteiger partial charge in [0.05, 0.1) is 13.7 Å². The molecule has 1 aliphatic heterocycles. The van der Waals surface area contributed by atoms with Crippen LogP contribution in [0.5, 0.6) is 11.5 Å². The van der Waals surface area contributed by atoms with Gasteiger partial charge in [-0.25, -0.2) is 9.18 Å². The number of hydrogen-bond acceptors (Lipinski definition) is 7. The van der Waals surface area contributed by atoms with E-state index in [1.807, 2.05) is 24.3 Å². The zero-order valence-electron chi connectivity index (χ0n) is 19.5. The van der Waals surface area contributed by atoms with Gasteiger partial charge < -0.3 is 20.1 Å². The number of aromatic nitrogens is 1. The molecule has 0 aliphatic carbocycles. The molecule has 2 aromatic carbocycles. The Kier molecular flexibility index (Phi) is 8.12. The van der Waals surface area contributed by atoms with Gasteiger partial charge in [0.2, 0.25) is 5.91 Å². The Morgan fingerprint density at radius 3 is 2.81 bits per heavy atom. The van der Waals surface area contributed by atoms with E-state index in [1.165, 1.54) is 13.2 Å². The van der Waals surface area contributed by atoms with Crippen molar-refractivity contribution in [2.24, 2.45) is 4.99 Å². The summed E-state index contributed by atoms with van der Waals surface area (Å²) < 4.78 is 23.7. The maximum Gasteiger partial charge on any atom is 0.330 e. The third kappa shape index (κ3) is 6.37. The van der Waals surface area contributed by atoms with E-state index < -0.39 is 12.7 Å². The number of amides is 1. The Bertz CT molecular complexity index is 1300. The van der Waals surface area contributed by atoms with Crippen LogP contribution >= 0.6 is 11.6 Å². The van der Waals surface area contributed by atoms with E-state index in [-0.39, 0.29) is 24.8 Å². The number of anilines is 1. The minimum Gasteiger partial charge on any atom is -0.467 e. The molecule has 4 rings (SSSR count). The van der Waals surface area contributed by atoms with Crippen molar-refractivity contribution >= 4 is 35.0 Å². The van der Waals surface area contributed by atoms with Gasteiger partial charge in [-0.2, -0.15) is 0 Å². The van der Waals surface area contributed by atoms with Crippen LogP contribution < -0.4 is 15.4 Å². The number of nitrogens with one attached hydrogen (secondary N) is 2. The van der Waals surface area contributed by atoms with Gasteiger partial charge in [-0.05, 0) is 48.4 Å². The molecule has 3 aromatic rings. The van der Waals surface area contributed by atoms with Crippen LogP contribution in [0.3, 0.4) is 0 Å². The van der Waals surface area contributed by atoms with Crippen molar-refractivity contribution in [3.63, 3.8) is 0 Å². The predicted molar refractivity (Wildman–Crippen MR) is 134 cm³/mol. The number of pyridine rings is 1. The molecule has 1 aliphatic rings. The van der Waals surface area contributed by atoms with Crippen LogP contribution in [0.15, 0.2) is 65.8 Å². The predicted octanol–water partition coefficient (Wildman–Crippen LogP) is 4.46. The summed E-state index contributed by atoms with van der Waals surface area (Å²) in [6, 6.07) is 15.1. The number of methoxy groups -OCH3 is 1. The van der Waals surface area contributed by atoms with Crippen molar-refractivity contribution < 1.29 is 23.5 Å². The normalized spacial score (nSPS) is 14.5. The van der Waals surface area contributed by atoms with Crippen molar-refractivity contribution in [3.8, 4) is 11.5 Å². The molecule has 0 fully saturated rings. The van der Waals surface area contributed by atoms with Gasteiger partial charge in [-0.3, -0.25) is 14.8 Å². The van der Waals surface area contributed by atoms with Crippen LogP contribution in [0.25, 0.3) is 0 Å². The van der Waals surface area contributed by atoms with Gasteiger partial charge in [-0.1, -0.05) is 23.7 Å². The van der Waals surface area contributed by atoms with Gasteiger partial charge in [-0.15, -0.1) is 0 Å². The molecule has 0 radical (unpaired) electrons. The molecule has 36 heavy (non-hydrogen) atoms. The fourth-order valence-corrected chi connectivity index (χ4v) is 3.78. The summed E-state index contributed by atoms with van der Waals surface area (Å²) in [6.45, 7) is -0.424. The van der Waals surface area contributed by atoms with Crippen molar-refractivity contribution in [3.05, 3.63) is 82.6 Å². The molecule has 0 saturated heterocycles. The molecule has 2 heterocycles. The quantitative estimate of drug-likeness (QED) is 0.412.